The van der Waals surface area contributed by atoms with Crippen LogP contribution in [0.1, 0.15) is 34.5 Å². The Morgan fingerprint density at radius 2 is 2.14 bits per heavy atom. The summed E-state index contributed by atoms with van der Waals surface area (Å²) in [7, 11) is 0. The van der Waals surface area contributed by atoms with Crippen molar-refractivity contribution in [3.63, 3.8) is 0 Å². The Balaban J connectivity index is 1.79. The number of nitrogens with zero attached hydrogens (tertiary/aromatic N) is 1. The summed E-state index contributed by atoms with van der Waals surface area (Å²) in [5, 5.41) is 6.45. The molecule has 1 aliphatic rings. The number of fused-ring (bicyclic) bond motifs is 1. The number of thiocarbonyl (C=S) groups is 1. The molecule has 110 valence electrons. The molecule has 0 unspecified atom stereocenters. The lowest BCUT2D eigenvalue weighted by atomic mass is 10.0. The van der Waals surface area contributed by atoms with Crippen molar-refractivity contribution in [2.24, 2.45) is 0 Å². The molecule has 2 heterocycles. The number of nitrogens with one attached hydrogen (secondary N) is 1. The van der Waals surface area contributed by atoms with Crippen molar-refractivity contribution in [2.75, 3.05) is 11.9 Å². The lowest BCUT2D eigenvalue weighted by Gasteiger charge is -2.36. The fourth-order valence-electron chi connectivity index (χ4n) is 2.86. The highest BCUT2D eigenvalue weighted by atomic mass is 32.1. The van der Waals surface area contributed by atoms with Gasteiger partial charge in [-0.15, -0.1) is 11.3 Å². The van der Waals surface area contributed by atoms with Crippen LogP contribution in [0.3, 0.4) is 0 Å². The van der Waals surface area contributed by atoms with Gasteiger partial charge >= 0.3 is 0 Å². The molecule has 0 saturated carbocycles. The van der Waals surface area contributed by atoms with E-state index in [9.17, 15) is 0 Å². The summed E-state index contributed by atoms with van der Waals surface area (Å²) < 4.78 is 0. The Morgan fingerprint density at radius 3 is 2.95 bits per heavy atom. The van der Waals surface area contributed by atoms with Crippen molar-refractivity contribution < 1.29 is 0 Å². The molecule has 0 saturated heterocycles. The van der Waals surface area contributed by atoms with E-state index in [-0.39, 0.29) is 0 Å². The third-order valence-corrected chi connectivity index (χ3v) is 5.72. The molecule has 2 nitrogen and oxygen atoms in total. The second kappa shape index (κ2) is 5.78. The zero-order valence-corrected chi connectivity index (χ0v) is 14.3. The quantitative estimate of drug-likeness (QED) is 0.769. The number of anilines is 1. The van der Waals surface area contributed by atoms with Crippen molar-refractivity contribution in [3.8, 4) is 0 Å². The monoisotopic (exact) mass is 316 g/mol. The fourth-order valence-corrected chi connectivity index (χ4v) is 4.18. The molecule has 0 fully saturated rings. The summed E-state index contributed by atoms with van der Waals surface area (Å²) in [4.78, 5) is 3.81. The van der Waals surface area contributed by atoms with Gasteiger partial charge in [0, 0.05) is 17.1 Å². The normalized spacial score (nSPS) is 17.5. The van der Waals surface area contributed by atoms with Crippen LogP contribution >= 0.6 is 23.6 Å². The second-order valence-corrected chi connectivity index (χ2v) is 6.98. The molecule has 0 radical (unpaired) electrons. The first-order chi connectivity index (χ1) is 10.1. The van der Waals surface area contributed by atoms with Gasteiger partial charge in [0.1, 0.15) is 0 Å². The molecular formula is C17H20N2S2. The van der Waals surface area contributed by atoms with Crippen LogP contribution in [-0.4, -0.2) is 16.6 Å². The van der Waals surface area contributed by atoms with Crippen LogP contribution in [0.25, 0.3) is 0 Å². The minimum Gasteiger partial charge on any atom is -0.342 e. The van der Waals surface area contributed by atoms with Gasteiger partial charge in [0.2, 0.25) is 0 Å². The van der Waals surface area contributed by atoms with Crippen LogP contribution in [0.5, 0.6) is 0 Å². The Morgan fingerprint density at radius 1 is 1.33 bits per heavy atom. The van der Waals surface area contributed by atoms with Crippen LogP contribution in [0, 0.1) is 13.8 Å². The maximum atomic E-state index is 5.66. The SMILES string of the molecule is Cc1cccc(NC(=S)N2CCc3sccc3[C@H]2C)c1C. The Bertz CT molecular complexity index is 675. The largest absolute Gasteiger partial charge is 0.342 e. The lowest BCUT2D eigenvalue weighted by molar-refractivity contribution is 0.326. The predicted molar refractivity (Wildman–Crippen MR) is 95.3 cm³/mol. The number of thiophene rings is 1. The number of hydrogen-bond donors (Lipinski definition) is 1. The summed E-state index contributed by atoms with van der Waals surface area (Å²) in [6.07, 6.45) is 1.09. The van der Waals surface area contributed by atoms with Gasteiger partial charge in [-0.2, -0.15) is 0 Å². The minimum absolute atomic E-state index is 0.352. The molecule has 1 aromatic carbocycles. The van der Waals surface area contributed by atoms with Crippen LogP contribution in [0.2, 0.25) is 0 Å². The Kier molecular flexibility index (Phi) is 4.00. The first-order valence-electron chi connectivity index (χ1n) is 7.28. The van der Waals surface area contributed by atoms with E-state index in [0.717, 1.165) is 23.8 Å². The van der Waals surface area contributed by atoms with Gasteiger partial charge in [0.15, 0.2) is 5.11 Å². The molecule has 21 heavy (non-hydrogen) atoms. The van der Waals surface area contributed by atoms with Crippen molar-refractivity contribution in [1.29, 1.82) is 0 Å². The topological polar surface area (TPSA) is 15.3 Å². The van der Waals surface area contributed by atoms with Crippen LogP contribution in [-0.2, 0) is 6.42 Å². The number of rotatable bonds is 1. The molecule has 1 atom stereocenters. The second-order valence-electron chi connectivity index (χ2n) is 5.60. The molecule has 0 amide bonds. The zero-order chi connectivity index (χ0) is 15.0. The Labute approximate surface area is 135 Å². The third-order valence-electron chi connectivity index (χ3n) is 4.38. The lowest BCUT2D eigenvalue weighted by Crippen LogP contribution is -2.40. The molecule has 0 aliphatic carbocycles. The molecular weight excluding hydrogens is 296 g/mol. The number of hydrogen-bond acceptors (Lipinski definition) is 2. The van der Waals surface area contributed by atoms with E-state index >= 15 is 0 Å². The predicted octanol–water partition coefficient (Wildman–Crippen LogP) is 4.68. The number of benzene rings is 1. The van der Waals surface area contributed by atoms with Gasteiger partial charge < -0.3 is 10.2 Å². The fraction of sp³-hybridized carbons (Fsp3) is 0.353. The molecule has 4 heteroatoms. The maximum absolute atomic E-state index is 5.66. The molecule has 0 spiro atoms. The minimum atomic E-state index is 0.352. The summed E-state index contributed by atoms with van der Waals surface area (Å²) in [6.45, 7) is 7.49. The summed E-state index contributed by atoms with van der Waals surface area (Å²) in [5.74, 6) is 0. The smallest absolute Gasteiger partial charge is 0.173 e. The van der Waals surface area contributed by atoms with Crippen molar-refractivity contribution >= 4 is 34.4 Å². The van der Waals surface area contributed by atoms with E-state index < -0.39 is 0 Å². The molecule has 2 aromatic rings. The van der Waals surface area contributed by atoms with Crippen molar-refractivity contribution in [3.05, 3.63) is 51.2 Å². The standard InChI is InChI=1S/C17H20N2S2/c1-11-5-4-6-15(12(11)2)18-17(20)19-9-7-16-14(13(19)3)8-10-21-16/h4-6,8,10,13H,7,9H2,1-3H3,(H,18,20)/t13-/m1/s1. The summed E-state index contributed by atoms with van der Waals surface area (Å²) >= 11 is 7.52. The summed E-state index contributed by atoms with van der Waals surface area (Å²) in [5.41, 5.74) is 5.09. The summed E-state index contributed by atoms with van der Waals surface area (Å²) in [6, 6.07) is 8.88. The zero-order valence-electron chi connectivity index (χ0n) is 12.6. The molecule has 1 aliphatic heterocycles. The van der Waals surface area contributed by atoms with E-state index in [1.807, 2.05) is 11.3 Å². The van der Waals surface area contributed by atoms with Gasteiger partial charge in [-0.05, 0) is 73.6 Å². The molecule has 1 aromatic heterocycles. The maximum Gasteiger partial charge on any atom is 0.173 e. The first kappa shape index (κ1) is 14.5. The first-order valence-corrected chi connectivity index (χ1v) is 8.57. The van der Waals surface area contributed by atoms with Gasteiger partial charge in [0.25, 0.3) is 0 Å². The average Bonchev–Trinajstić information content (AvgIpc) is 2.93. The average molecular weight is 316 g/mol. The van der Waals surface area contributed by atoms with Crippen LogP contribution in [0.15, 0.2) is 29.6 Å². The van der Waals surface area contributed by atoms with Crippen LogP contribution in [0.4, 0.5) is 5.69 Å². The van der Waals surface area contributed by atoms with E-state index in [2.05, 4.69) is 60.6 Å². The van der Waals surface area contributed by atoms with Gasteiger partial charge in [-0.25, -0.2) is 0 Å². The third kappa shape index (κ3) is 2.70. The highest BCUT2D eigenvalue weighted by Gasteiger charge is 2.26. The molecule has 0 bridgehead atoms. The van der Waals surface area contributed by atoms with E-state index in [1.165, 1.54) is 21.6 Å². The highest BCUT2D eigenvalue weighted by Crippen LogP contribution is 2.33. The highest BCUT2D eigenvalue weighted by molar-refractivity contribution is 7.80. The van der Waals surface area contributed by atoms with Crippen molar-refractivity contribution in [1.82, 2.24) is 4.90 Å². The Hall–Kier alpha value is -1.39. The van der Waals surface area contributed by atoms with E-state index in [1.54, 1.807) is 0 Å². The van der Waals surface area contributed by atoms with Gasteiger partial charge in [-0.1, -0.05) is 12.1 Å². The van der Waals surface area contributed by atoms with Crippen LogP contribution < -0.4 is 5.32 Å². The van der Waals surface area contributed by atoms with E-state index in [4.69, 9.17) is 12.2 Å². The van der Waals surface area contributed by atoms with E-state index in [0.29, 0.717) is 6.04 Å². The number of aryl methyl sites for hydroxylation is 1. The van der Waals surface area contributed by atoms with Crippen molar-refractivity contribution in [2.45, 2.75) is 33.2 Å². The van der Waals surface area contributed by atoms with Gasteiger partial charge in [-0.3, -0.25) is 0 Å². The molecule has 3 rings (SSSR count). The van der Waals surface area contributed by atoms with Gasteiger partial charge in [0.05, 0.1) is 6.04 Å². The molecule has 1 N–H and O–H groups in total.